The van der Waals surface area contributed by atoms with Crippen LogP contribution in [0.25, 0.3) is 6.08 Å². The number of rotatable bonds is 1. The average molecular weight is 267 g/mol. The van der Waals surface area contributed by atoms with Gasteiger partial charge in [0.25, 0.3) is 5.91 Å². The minimum atomic E-state index is -0.168. The minimum absolute atomic E-state index is 0.168. The van der Waals surface area contributed by atoms with E-state index >= 15 is 0 Å². The first-order valence-corrected chi connectivity index (χ1v) is 6.41. The summed E-state index contributed by atoms with van der Waals surface area (Å²) in [7, 11) is 0. The molecule has 0 radical (unpaired) electrons. The van der Waals surface area contributed by atoms with Gasteiger partial charge in [-0.15, -0.1) is 0 Å². The summed E-state index contributed by atoms with van der Waals surface area (Å²) in [6.45, 7) is 4.00. The van der Waals surface area contributed by atoms with Gasteiger partial charge in [-0.25, -0.2) is 0 Å². The van der Waals surface area contributed by atoms with Crippen LogP contribution in [0.3, 0.4) is 0 Å². The second-order valence-corrected chi connectivity index (χ2v) is 4.66. The maximum Gasteiger partial charge on any atom is 0.263 e. The van der Waals surface area contributed by atoms with Crippen molar-refractivity contribution >= 4 is 40.3 Å². The fourth-order valence-electron chi connectivity index (χ4n) is 1.14. The monoisotopic (exact) mass is 267 g/mol. The second kappa shape index (κ2) is 6.42. The lowest BCUT2D eigenvalue weighted by Crippen LogP contribution is -2.17. The van der Waals surface area contributed by atoms with Crippen LogP contribution in [-0.2, 0) is 4.79 Å². The standard InChI is InChI=1S/C10H7NO2S2.C2H6/c12-7-3-1-6(2-4-7)5-8-9(13)11-10(14)15-8;1-2/h1-5,12H,(H,11,13,14);1-2H3/b8-5-;. The van der Waals surface area contributed by atoms with E-state index in [9.17, 15) is 4.79 Å². The van der Waals surface area contributed by atoms with Crippen LogP contribution in [0.1, 0.15) is 19.4 Å². The Morgan fingerprint density at radius 1 is 1.29 bits per heavy atom. The first-order valence-electron chi connectivity index (χ1n) is 5.19. The minimum Gasteiger partial charge on any atom is -0.508 e. The van der Waals surface area contributed by atoms with Crippen LogP contribution in [0.15, 0.2) is 29.2 Å². The van der Waals surface area contributed by atoms with Gasteiger partial charge in [0.1, 0.15) is 10.1 Å². The summed E-state index contributed by atoms with van der Waals surface area (Å²) < 4.78 is 0.477. The predicted octanol–water partition coefficient (Wildman–Crippen LogP) is 2.91. The zero-order valence-corrected chi connectivity index (χ0v) is 11.2. The number of hydrogen-bond acceptors (Lipinski definition) is 4. The van der Waals surface area contributed by atoms with Crippen LogP contribution in [0.2, 0.25) is 0 Å². The van der Waals surface area contributed by atoms with Gasteiger partial charge >= 0.3 is 0 Å². The molecule has 2 N–H and O–H groups in total. The fourth-order valence-corrected chi connectivity index (χ4v) is 2.19. The van der Waals surface area contributed by atoms with E-state index in [4.69, 9.17) is 17.3 Å². The molecule has 1 heterocycles. The smallest absolute Gasteiger partial charge is 0.263 e. The SMILES string of the molecule is CC.O=C1NC(=S)S/C1=C\c1ccc(O)cc1. The van der Waals surface area contributed by atoms with E-state index in [1.807, 2.05) is 13.8 Å². The molecule has 5 heteroatoms. The van der Waals surface area contributed by atoms with Crippen LogP contribution in [0, 0.1) is 0 Å². The summed E-state index contributed by atoms with van der Waals surface area (Å²) in [4.78, 5) is 11.9. The first kappa shape index (κ1) is 13.7. The number of nitrogens with one attached hydrogen (secondary N) is 1. The number of thiocarbonyl (C=S) groups is 1. The molecule has 0 bridgehead atoms. The second-order valence-electron chi connectivity index (χ2n) is 2.94. The van der Waals surface area contributed by atoms with Crippen LogP contribution in [0.5, 0.6) is 5.75 Å². The lowest BCUT2D eigenvalue weighted by Gasteiger charge is -1.95. The van der Waals surface area contributed by atoms with E-state index in [-0.39, 0.29) is 11.7 Å². The Bertz CT molecular complexity index is 452. The third-order valence-corrected chi connectivity index (χ3v) is 3.00. The third-order valence-electron chi connectivity index (χ3n) is 1.83. The molecule has 90 valence electrons. The molecular weight excluding hydrogens is 254 g/mol. The van der Waals surface area contributed by atoms with Crippen molar-refractivity contribution in [2.45, 2.75) is 13.8 Å². The van der Waals surface area contributed by atoms with Gasteiger partial charge in [0.15, 0.2) is 0 Å². The normalized spacial score (nSPS) is 16.5. The number of aromatic hydroxyl groups is 1. The molecule has 2 rings (SSSR count). The van der Waals surface area contributed by atoms with Crippen LogP contribution >= 0.6 is 24.0 Å². The molecule has 0 spiro atoms. The summed E-state index contributed by atoms with van der Waals surface area (Å²) in [5, 5.41) is 11.6. The molecule has 1 aliphatic rings. The molecule has 0 saturated carbocycles. The molecule has 0 atom stereocenters. The maximum atomic E-state index is 11.3. The number of phenols is 1. The van der Waals surface area contributed by atoms with E-state index in [2.05, 4.69) is 5.32 Å². The molecule has 1 aromatic rings. The molecule has 0 aromatic heterocycles. The molecule has 0 unspecified atom stereocenters. The van der Waals surface area contributed by atoms with Gasteiger partial charge in [-0.05, 0) is 23.8 Å². The van der Waals surface area contributed by atoms with Crippen LogP contribution in [0.4, 0.5) is 0 Å². The summed E-state index contributed by atoms with van der Waals surface area (Å²) in [5.41, 5.74) is 0.857. The van der Waals surface area contributed by atoms with Gasteiger partial charge in [-0.1, -0.05) is 50.0 Å². The van der Waals surface area contributed by atoms with Crippen molar-refractivity contribution < 1.29 is 9.90 Å². The van der Waals surface area contributed by atoms with Gasteiger partial charge in [0.2, 0.25) is 0 Å². The Hall–Kier alpha value is -1.33. The molecule has 1 amide bonds. The zero-order valence-electron chi connectivity index (χ0n) is 9.56. The van der Waals surface area contributed by atoms with Crippen molar-refractivity contribution in [3.63, 3.8) is 0 Å². The number of carbonyl (C=O) groups excluding carboxylic acids is 1. The lowest BCUT2D eigenvalue weighted by molar-refractivity contribution is -0.115. The number of amides is 1. The summed E-state index contributed by atoms with van der Waals surface area (Å²) in [6, 6.07) is 6.61. The van der Waals surface area contributed by atoms with Gasteiger partial charge in [0.05, 0.1) is 4.91 Å². The Kier molecular flexibility index (Phi) is 5.18. The maximum absolute atomic E-state index is 11.3. The number of carbonyl (C=O) groups is 1. The third kappa shape index (κ3) is 3.87. The topological polar surface area (TPSA) is 49.3 Å². The average Bonchev–Trinajstić information content (AvgIpc) is 2.63. The van der Waals surface area contributed by atoms with Gasteiger partial charge in [-0.3, -0.25) is 4.79 Å². The highest BCUT2D eigenvalue weighted by atomic mass is 32.2. The van der Waals surface area contributed by atoms with E-state index in [1.54, 1.807) is 30.3 Å². The molecule has 3 nitrogen and oxygen atoms in total. The van der Waals surface area contributed by atoms with Gasteiger partial charge in [-0.2, -0.15) is 0 Å². The molecule has 1 fully saturated rings. The molecule has 17 heavy (non-hydrogen) atoms. The Morgan fingerprint density at radius 3 is 2.35 bits per heavy atom. The van der Waals surface area contributed by atoms with Crippen molar-refractivity contribution in [3.8, 4) is 5.75 Å². The van der Waals surface area contributed by atoms with E-state index in [1.165, 1.54) is 11.8 Å². The Balaban J connectivity index is 0.000000686. The van der Waals surface area contributed by atoms with Crippen LogP contribution < -0.4 is 5.32 Å². The quantitative estimate of drug-likeness (QED) is 0.607. The number of phenolic OH excluding ortho intramolecular Hbond substituents is 1. The fraction of sp³-hybridized carbons (Fsp3) is 0.167. The van der Waals surface area contributed by atoms with Crippen molar-refractivity contribution in [2.75, 3.05) is 0 Å². The highest BCUT2D eigenvalue weighted by Crippen LogP contribution is 2.26. The van der Waals surface area contributed by atoms with Crippen molar-refractivity contribution in [1.29, 1.82) is 0 Å². The largest absolute Gasteiger partial charge is 0.508 e. The number of benzene rings is 1. The summed E-state index contributed by atoms with van der Waals surface area (Å²) >= 11 is 6.10. The molecule has 1 aromatic carbocycles. The van der Waals surface area contributed by atoms with E-state index in [0.717, 1.165) is 5.56 Å². The molecule has 0 aliphatic carbocycles. The lowest BCUT2D eigenvalue weighted by atomic mass is 10.2. The highest BCUT2D eigenvalue weighted by Gasteiger charge is 2.21. The van der Waals surface area contributed by atoms with Gasteiger partial charge < -0.3 is 10.4 Å². The molecule has 1 aliphatic heterocycles. The zero-order chi connectivity index (χ0) is 12.8. The summed E-state index contributed by atoms with van der Waals surface area (Å²) in [5.74, 6) is 0.0364. The van der Waals surface area contributed by atoms with Crippen molar-refractivity contribution in [3.05, 3.63) is 34.7 Å². The first-order chi connectivity index (χ1) is 8.15. The number of hydrogen-bond donors (Lipinski definition) is 2. The van der Waals surface area contributed by atoms with Crippen molar-refractivity contribution in [2.24, 2.45) is 0 Å². The predicted molar refractivity (Wildman–Crippen MR) is 75.8 cm³/mol. The highest BCUT2D eigenvalue weighted by molar-refractivity contribution is 8.26. The van der Waals surface area contributed by atoms with E-state index < -0.39 is 0 Å². The van der Waals surface area contributed by atoms with Crippen molar-refractivity contribution in [1.82, 2.24) is 5.32 Å². The Labute approximate surface area is 110 Å². The summed E-state index contributed by atoms with van der Waals surface area (Å²) in [6.07, 6.45) is 1.73. The molecular formula is C12H13NO2S2. The van der Waals surface area contributed by atoms with Crippen LogP contribution in [-0.4, -0.2) is 15.3 Å². The van der Waals surface area contributed by atoms with Gasteiger partial charge in [0, 0.05) is 0 Å². The van der Waals surface area contributed by atoms with E-state index in [0.29, 0.717) is 9.23 Å². The number of thioether (sulfide) groups is 1. The molecule has 1 saturated heterocycles. The Morgan fingerprint density at radius 2 is 1.88 bits per heavy atom.